The van der Waals surface area contributed by atoms with E-state index in [4.69, 9.17) is 9.98 Å². The number of hydrogen-bond acceptors (Lipinski definition) is 2. The molecule has 0 bridgehead atoms. The summed E-state index contributed by atoms with van der Waals surface area (Å²) in [6.45, 7) is 0. The van der Waals surface area contributed by atoms with Gasteiger partial charge in [-0.25, -0.2) is 9.98 Å². The van der Waals surface area contributed by atoms with Gasteiger partial charge in [0.2, 0.25) is 0 Å². The summed E-state index contributed by atoms with van der Waals surface area (Å²) in [6.07, 6.45) is 0. The fourth-order valence-corrected chi connectivity index (χ4v) is 7.86. The van der Waals surface area contributed by atoms with Gasteiger partial charge in [-0.15, -0.1) is 0 Å². The molecule has 2 aliphatic heterocycles. The highest BCUT2D eigenvalue weighted by molar-refractivity contribution is 6.08. The third-order valence-electron chi connectivity index (χ3n) is 10.1. The predicted octanol–water partition coefficient (Wildman–Crippen LogP) is 11.5. The Hall–Kier alpha value is -6.64. The van der Waals surface area contributed by atoms with Gasteiger partial charge >= 0.3 is 0 Å². The molecule has 0 saturated carbocycles. The van der Waals surface area contributed by atoms with Crippen molar-refractivity contribution in [1.82, 2.24) is 0 Å². The lowest BCUT2D eigenvalue weighted by molar-refractivity contribution is 1.36. The van der Waals surface area contributed by atoms with Gasteiger partial charge in [-0.2, -0.15) is 0 Å². The summed E-state index contributed by atoms with van der Waals surface area (Å²) in [5.74, 6) is 0. The largest absolute Gasteiger partial charge is 0.248 e. The molecule has 50 heavy (non-hydrogen) atoms. The van der Waals surface area contributed by atoms with Crippen molar-refractivity contribution in [2.24, 2.45) is 9.98 Å². The number of rotatable bonds is 5. The van der Waals surface area contributed by atoms with Crippen LogP contribution in [0.25, 0.3) is 66.8 Å². The van der Waals surface area contributed by atoms with Gasteiger partial charge in [-0.1, -0.05) is 158 Å². The van der Waals surface area contributed by atoms with E-state index in [0.717, 1.165) is 38.4 Å². The lowest BCUT2D eigenvalue weighted by Gasteiger charge is -2.22. The summed E-state index contributed by atoms with van der Waals surface area (Å²) in [5, 5.41) is 4.30. The molecule has 0 N–H and O–H groups in total. The van der Waals surface area contributed by atoms with Crippen molar-refractivity contribution in [3.8, 4) is 66.8 Å². The van der Waals surface area contributed by atoms with Gasteiger partial charge in [0.05, 0.1) is 22.1 Å². The van der Waals surface area contributed by atoms with Crippen molar-refractivity contribution in [3.63, 3.8) is 0 Å². The molecule has 0 atom stereocenters. The Kier molecular flexibility index (Phi) is 6.53. The number of benzene rings is 8. The summed E-state index contributed by atoms with van der Waals surface area (Å²) < 4.78 is 0. The SMILES string of the molecule is c1ccc(-c2ccccc2-c2ccccc2-c2c(-c3ccccc3-c3ccccc3)ccc3c2-c2c4c(ccc2=N3)=c2ccccc2=N4)cc1. The number of fused-ring (bicyclic) bond motifs is 6. The molecule has 8 aromatic carbocycles. The average Bonchev–Trinajstić information content (AvgIpc) is 3.77. The van der Waals surface area contributed by atoms with Crippen LogP contribution in [0.15, 0.2) is 192 Å². The zero-order valence-corrected chi connectivity index (χ0v) is 27.2. The fourth-order valence-electron chi connectivity index (χ4n) is 7.86. The molecule has 2 nitrogen and oxygen atoms in total. The van der Waals surface area contributed by atoms with Gasteiger partial charge in [0.25, 0.3) is 0 Å². The molecule has 0 amide bonds. The van der Waals surface area contributed by atoms with Crippen LogP contribution < -0.4 is 10.7 Å². The minimum Gasteiger partial charge on any atom is -0.248 e. The summed E-state index contributed by atoms with van der Waals surface area (Å²) in [5.41, 5.74) is 16.1. The molecule has 0 fully saturated rings. The van der Waals surface area contributed by atoms with Crippen LogP contribution in [0.5, 0.6) is 0 Å². The van der Waals surface area contributed by atoms with E-state index in [1.807, 2.05) is 0 Å². The molecule has 8 aromatic rings. The molecular formula is C48H30N2. The topological polar surface area (TPSA) is 24.7 Å². The second-order valence-electron chi connectivity index (χ2n) is 12.8. The van der Waals surface area contributed by atoms with E-state index in [-0.39, 0.29) is 0 Å². The van der Waals surface area contributed by atoms with E-state index >= 15 is 0 Å². The summed E-state index contributed by atoms with van der Waals surface area (Å²) in [7, 11) is 0. The van der Waals surface area contributed by atoms with Crippen LogP contribution in [0.4, 0.5) is 11.4 Å². The Morgan fingerprint density at radius 1 is 0.260 bits per heavy atom. The van der Waals surface area contributed by atoms with E-state index in [0.29, 0.717) is 0 Å². The van der Waals surface area contributed by atoms with Crippen molar-refractivity contribution < 1.29 is 0 Å². The van der Waals surface area contributed by atoms with E-state index in [1.54, 1.807) is 0 Å². The first-order chi connectivity index (χ1) is 24.8. The molecule has 0 radical (unpaired) electrons. The Labute approximate surface area is 290 Å². The first-order valence-corrected chi connectivity index (χ1v) is 17.1. The molecule has 0 aliphatic carbocycles. The highest BCUT2D eigenvalue weighted by Gasteiger charge is 2.28. The Morgan fingerprint density at radius 2 is 0.780 bits per heavy atom. The molecule has 2 aliphatic rings. The highest BCUT2D eigenvalue weighted by atomic mass is 14.8. The van der Waals surface area contributed by atoms with Crippen LogP contribution >= 0.6 is 0 Å². The Morgan fingerprint density at radius 3 is 1.44 bits per heavy atom. The van der Waals surface area contributed by atoms with Crippen LogP contribution in [-0.2, 0) is 0 Å². The zero-order valence-electron chi connectivity index (χ0n) is 27.2. The van der Waals surface area contributed by atoms with E-state index in [1.165, 1.54) is 60.9 Å². The first kappa shape index (κ1) is 28.4. The quantitative estimate of drug-likeness (QED) is 0.180. The number of nitrogens with zero attached hydrogens (tertiary/aromatic N) is 2. The Bertz CT molecular complexity index is 2860. The van der Waals surface area contributed by atoms with Crippen LogP contribution in [0, 0.1) is 10.4 Å². The normalized spacial score (nSPS) is 11.9. The third-order valence-corrected chi connectivity index (χ3v) is 10.1. The standard InChI is InChI=1S/C48H30N2/c1-3-15-31(16-4-1)33-19-7-9-21-35(33)37-23-11-12-25-39(37)45-40(36-22-10-8-20-34(36)32-17-5-2-6-18-32)27-29-43-46(45)47-44(49-43)30-28-41-38-24-13-14-26-42(38)50-48(41)47/h1-30H. The molecule has 2 heteroatoms. The van der Waals surface area contributed by atoms with Gasteiger partial charge in [0.15, 0.2) is 0 Å². The molecule has 0 unspecified atom stereocenters. The van der Waals surface area contributed by atoms with Gasteiger partial charge in [0.1, 0.15) is 0 Å². The number of hydrogen-bond donors (Lipinski definition) is 0. The van der Waals surface area contributed by atoms with Crippen LogP contribution in [0.1, 0.15) is 0 Å². The monoisotopic (exact) mass is 634 g/mol. The maximum Gasteiger partial charge on any atom is 0.0817 e. The zero-order chi connectivity index (χ0) is 33.0. The van der Waals surface area contributed by atoms with Crippen molar-refractivity contribution in [3.05, 3.63) is 203 Å². The molecule has 10 rings (SSSR count). The van der Waals surface area contributed by atoms with Gasteiger partial charge in [0, 0.05) is 27.1 Å². The van der Waals surface area contributed by atoms with Gasteiger partial charge < -0.3 is 0 Å². The molecule has 2 heterocycles. The summed E-state index contributed by atoms with van der Waals surface area (Å²) >= 11 is 0. The molecule has 232 valence electrons. The second-order valence-corrected chi connectivity index (χ2v) is 12.8. The highest BCUT2D eigenvalue weighted by Crippen LogP contribution is 2.52. The van der Waals surface area contributed by atoms with Crippen molar-refractivity contribution in [2.45, 2.75) is 0 Å². The third kappa shape index (κ3) is 4.43. The minimum absolute atomic E-state index is 0.965. The van der Waals surface area contributed by atoms with Crippen molar-refractivity contribution in [2.75, 3.05) is 0 Å². The fraction of sp³-hybridized carbons (Fsp3) is 0. The van der Waals surface area contributed by atoms with E-state index in [2.05, 4.69) is 182 Å². The van der Waals surface area contributed by atoms with Crippen LogP contribution in [-0.4, -0.2) is 0 Å². The van der Waals surface area contributed by atoms with Crippen molar-refractivity contribution >= 4 is 11.4 Å². The van der Waals surface area contributed by atoms with Gasteiger partial charge in [-0.3, -0.25) is 0 Å². The maximum atomic E-state index is 5.26. The van der Waals surface area contributed by atoms with Crippen molar-refractivity contribution in [1.29, 1.82) is 0 Å². The smallest absolute Gasteiger partial charge is 0.0817 e. The average molecular weight is 635 g/mol. The minimum atomic E-state index is 0.965. The Balaban J connectivity index is 1.33. The lowest BCUT2D eigenvalue weighted by atomic mass is 9.81. The molecule has 0 spiro atoms. The van der Waals surface area contributed by atoms with E-state index < -0.39 is 0 Å². The molecule has 0 aromatic heterocycles. The maximum absolute atomic E-state index is 5.26. The number of para-hydroxylation sites is 1. The second kappa shape index (κ2) is 11.5. The predicted molar refractivity (Wildman–Crippen MR) is 205 cm³/mol. The van der Waals surface area contributed by atoms with E-state index in [9.17, 15) is 0 Å². The first-order valence-electron chi connectivity index (χ1n) is 17.1. The van der Waals surface area contributed by atoms with Gasteiger partial charge in [-0.05, 0) is 74.3 Å². The molecule has 0 saturated heterocycles. The lowest BCUT2D eigenvalue weighted by Crippen LogP contribution is -2.02. The van der Waals surface area contributed by atoms with Crippen LogP contribution in [0.3, 0.4) is 0 Å². The summed E-state index contributed by atoms with van der Waals surface area (Å²) in [6, 6.07) is 65.1. The molecular weight excluding hydrogens is 605 g/mol. The van der Waals surface area contributed by atoms with Crippen LogP contribution in [0.2, 0.25) is 0 Å². The summed E-state index contributed by atoms with van der Waals surface area (Å²) in [4.78, 5) is 10.5.